The van der Waals surface area contributed by atoms with Crippen molar-refractivity contribution in [3.63, 3.8) is 0 Å². The van der Waals surface area contributed by atoms with Crippen molar-refractivity contribution in [1.29, 1.82) is 0 Å². The number of nitrogen functional groups attached to an aromatic ring is 1. The van der Waals surface area contributed by atoms with Gasteiger partial charge in [0.1, 0.15) is 5.82 Å². The van der Waals surface area contributed by atoms with Crippen LogP contribution in [0.3, 0.4) is 0 Å². The summed E-state index contributed by atoms with van der Waals surface area (Å²) in [6, 6.07) is 3.20. The van der Waals surface area contributed by atoms with E-state index in [9.17, 15) is 4.79 Å². The van der Waals surface area contributed by atoms with E-state index in [2.05, 4.69) is 10.2 Å². The van der Waals surface area contributed by atoms with Crippen molar-refractivity contribution < 1.29 is 0 Å². The molecule has 6 nitrogen and oxygen atoms in total. The van der Waals surface area contributed by atoms with Crippen molar-refractivity contribution in [3.8, 4) is 0 Å². The molecule has 2 aromatic rings. The van der Waals surface area contributed by atoms with Gasteiger partial charge in [-0.25, -0.2) is 4.68 Å². The zero-order valence-corrected chi connectivity index (χ0v) is 10.1. The Kier molecular flexibility index (Phi) is 2.71. The summed E-state index contributed by atoms with van der Waals surface area (Å²) in [5, 5.41) is 8.38. The van der Waals surface area contributed by atoms with Crippen molar-refractivity contribution in [2.24, 2.45) is 7.05 Å². The molecule has 90 valence electrons. The van der Waals surface area contributed by atoms with E-state index in [4.69, 9.17) is 5.73 Å². The van der Waals surface area contributed by atoms with Gasteiger partial charge in [-0.2, -0.15) is 10.2 Å². The Hall–Kier alpha value is -2.11. The van der Waals surface area contributed by atoms with E-state index in [1.54, 1.807) is 17.8 Å². The summed E-state index contributed by atoms with van der Waals surface area (Å²) in [6.07, 6.45) is 0. The first-order valence-electron chi connectivity index (χ1n) is 5.31. The van der Waals surface area contributed by atoms with E-state index in [1.165, 1.54) is 10.7 Å². The molecule has 2 heterocycles. The molecular weight excluding hydrogens is 218 g/mol. The molecule has 0 radical (unpaired) electrons. The van der Waals surface area contributed by atoms with Gasteiger partial charge in [0.2, 0.25) is 0 Å². The Morgan fingerprint density at radius 3 is 2.59 bits per heavy atom. The van der Waals surface area contributed by atoms with Crippen LogP contribution in [0, 0.1) is 13.8 Å². The van der Waals surface area contributed by atoms with E-state index in [-0.39, 0.29) is 5.56 Å². The smallest absolute Gasteiger partial charge is 0.267 e. The fraction of sp³-hybridized carbons (Fsp3) is 0.364. The van der Waals surface area contributed by atoms with Gasteiger partial charge in [-0.1, -0.05) is 0 Å². The molecule has 17 heavy (non-hydrogen) atoms. The molecule has 0 amide bonds. The van der Waals surface area contributed by atoms with E-state index in [0.717, 1.165) is 17.0 Å². The second kappa shape index (κ2) is 4.04. The molecule has 2 aromatic heterocycles. The van der Waals surface area contributed by atoms with Crippen LogP contribution in [0.15, 0.2) is 16.9 Å². The fourth-order valence-corrected chi connectivity index (χ4v) is 1.73. The molecule has 0 aliphatic carbocycles. The van der Waals surface area contributed by atoms with Gasteiger partial charge in [0.25, 0.3) is 5.56 Å². The quantitative estimate of drug-likeness (QED) is 0.805. The topological polar surface area (TPSA) is 78.7 Å². The summed E-state index contributed by atoms with van der Waals surface area (Å²) in [6.45, 7) is 4.06. The average molecular weight is 233 g/mol. The first kappa shape index (κ1) is 11.4. The minimum Gasteiger partial charge on any atom is -0.384 e. The average Bonchev–Trinajstić information content (AvgIpc) is 2.50. The maximum atomic E-state index is 11.6. The lowest BCUT2D eigenvalue weighted by molar-refractivity contribution is 0.627. The number of rotatable bonds is 2. The van der Waals surface area contributed by atoms with Gasteiger partial charge in [-0.3, -0.25) is 9.48 Å². The molecule has 0 atom stereocenters. The van der Waals surface area contributed by atoms with Gasteiger partial charge in [0.15, 0.2) is 0 Å². The molecule has 6 heteroatoms. The second-order valence-corrected chi connectivity index (χ2v) is 4.04. The third-order valence-electron chi connectivity index (χ3n) is 2.70. The van der Waals surface area contributed by atoms with Gasteiger partial charge in [0, 0.05) is 18.7 Å². The van der Waals surface area contributed by atoms with Crippen LogP contribution in [0.25, 0.3) is 0 Å². The third-order valence-corrected chi connectivity index (χ3v) is 2.70. The van der Waals surface area contributed by atoms with E-state index < -0.39 is 0 Å². The van der Waals surface area contributed by atoms with Crippen LogP contribution in [0.5, 0.6) is 0 Å². The molecule has 0 aromatic carbocycles. The van der Waals surface area contributed by atoms with Crippen molar-refractivity contribution >= 4 is 5.82 Å². The number of nitrogens with two attached hydrogens (primary N) is 1. The number of hydrogen-bond donors (Lipinski definition) is 1. The summed E-state index contributed by atoms with van der Waals surface area (Å²) >= 11 is 0. The van der Waals surface area contributed by atoms with E-state index in [1.807, 2.05) is 13.8 Å². The van der Waals surface area contributed by atoms with Gasteiger partial charge in [-0.05, 0) is 19.9 Å². The molecule has 2 rings (SSSR count). The van der Waals surface area contributed by atoms with Crippen LogP contribution in [0.2, 0.25) is 0 Å². The van der Waals surface area contributed by atoms with Crippen LogP contribution < -0.4 is 11.3 Å². The van der Waals surface area contributed by atoms with E-state index in [0.29, 0.717) is 12.4 Å². The summed E-state index contributed by atoms with van der Waals surface area (Å²) in [5.74, 6) is 0.567. The Morgan fingerprint density at radius 1 is 1.29 bits per heavy atom. The molecule has 0 saturated heterocycles. The van der Waals surface area contributed by atoms with Gasteiger partial charge in [0.05, 0.1) is 17.9 Å². The van der Waals surface area contributed by atoms with Crippen LogP contribution in [0.1, 0.15) is 17.0 Å². The Bertz CT molecular complexity index is 611. The normalized spacial score (nSPS) is 10.8. The zero-order valence-electron chi connectivity index (χ0n) is 10.1. The predicted octanol–water partition coefficient (Wildman–Crippen LogP) is 0.224. The number of aromatic nitrogens is 4. The van der Waals surface area contributed by atoms with Gasteiger partial charge >= 0.3 is 0 Å². The van der Waals surface area contributed by atoms with Gasteiger partial charge < -0.3 is 5.73 Å². The van der Waals surface area contributed by atoms with Gasteiger partial charge in [-0.15, -0.1) is 0 Å². The second-order valence-electron chi connectivity index (χ2n) is 4.04. The minimum atomic E-state index is -0.141. The first-order chi connectivity index (χ1) is 7.99. The number of hydrogen-bond acceptors (Lipinski definition) is 4. The minimum absolute atomic E-state index is 0.141. The van der Waals surface area contributed by atoms with Crippen molar-refractivity contribution in [1.82, 2.24) is 19.6 Å². The number of aryl methyl sites for hydroxylation is 3. The summed E-state index contributed by atoms with van der Waals surface area (Å²) in [4.78, 5) is 11.6. The molecular formula is C11H15N5O. The highest BCUT2D eigenvalue weighted by Gasteiger charge is 2.11. The molecule has 0 spiro atoms. The molecule has 0 fully saturated rings. The predicted molar refractivity (Wildman–Crippen MR) is 64.7 cm³/mol. The van der Waals surface area contributed by atoms with Crippen molar-refractivity contribution in [2.75, 3.05) is 5.73 Å². The number of nitrogens with zero attached hydrogens (tertiary/aromatic N) is 4. The standard InChI is InChI=1S/C11H15N5O/c1-7-4-5-10(17)16(13-7)6-9-8(2)14-15(3)11(9)12/h4-5H,6,12H2,1-3H3. The maximum absolute atomic E-state index is 11.6. The van der Waals surface area contributed by atoms with Crippen molar-refractivity contribution in [2.45, 2.75) is 20.4 Å². The number of anilines is 1. The summed E-state index contributed by atoms with van der Waals surface area (Å²) < 4.78 is 3.00. The highest BCUT2D eigenvalue weighted by Crippen LogP contribution is 2.15. The van der Waals surface area contributed by atoms with Crippen LogP contribution >= 0.6 is 0 Å². The van der Waals surface area contributed by atoms with Crippen molar-refractivity contribution in [3.05, 3.63) is 39.4 Å². The highest BCUT2D eigenvalue weighted by molar-refractivity contribution is 5.42. The monoisotopic (exact) mass is 233 g/mol. The molecule has 0 aliphatic rings. The zero-order chi connectivity index (χ0) is 12.6. The molecule has 2 N–H and O–H groups in total. The lowest BCUT2D eigenvalue weighted by atomic mass is 10.2. The fourth-order valence-electron chi connectivity index (χ4n) is 1.73. The van der Waals surface area contributed by atoms with E-state index >= 15 is 0 Å². The summed E-state index contributed by atoms with van der Waals surface area (Å²) in [7, 11) is 1.78. The summed E-state index contributed by atoms with van der Waals surface area (Å²) in [5.41, 5.74) is 8.21. The maximum Gasteiger partial charge on any atom is 0.267 e. The Labute approximate surface area is 98.7 Å². The lowest BCUT2D eigenvalue weighted by Crippen LogP contribution is -2.23. The lowest BCUT2D eigenvalue weighted by Gasteiger charge is -2.05. The SMILES string of the molecule is Cc1ccc(=O)n(Cc2c(C)nn(C)c2N)n1. The third kappa shape index (κ3) is 2.06. The van der Waals surface area contributed by atoms with Crippen LogP contribution in [-0.4, -0.2) is 19.6 Å². The first-order valence-corrected chi connectivity index (χ1v) is 5.31. The molecule has 0 aliphatic heterocycles. The Balaban J connectivity index is 2.44. The Morgan fingerprint density at radius 2 is 2.00 bits per heavy atom. The largest absolute Gasteiger partial charge is 0.384 e. The highest BCUT2D eigenvalue weighted by atomic mass is 16.1. The molecule has 0 unspecified atom stereocenters. The molecule has 0 saturated carbocycles. The molecule has 0 bridgehead atoms. The van der Waals surface area contributed by atoms with Crippen LogP contribution in [-0.2, 0) is 13.6 Å². The van der Waals surface area contributed by atoms with Crippen LogP contribution in [0.4, 0.5) is 5.82 Å².